The van der Waals surface area contributed by atoms with E-state index in [4.69, 9.17) is 0 Å². The van der Waals surface area contributed by atoms with Crippen LogP contribution in [0.5, 0.6) is 0 Å². The summed E-state index contributed by atoms with van der Waals surface area (Å²) in [6, 6.07) is 6.55. The van der Waals surface area contributed by atoms with Crippen molar-refractivity contribution in [3.63, 3.8) is 0 Å². The van der Waals surface area contributed by atoms with Crippen molar-refractivity contribution in [2.24, 2.45) is 0 Å². The lowest BCUT2D eigenvalue weighted by Gasteiger charge is -2.39. The lowest BCUT2D eigenvalue weighted by atomic mass is 9.81. The number of carbonyl (C=O) groups excluding carboxylic acids is 1. The number of nitrogens with zero attached hydrogens (tertiary/aromatic N) is 3. The second kappa shape index (κ2) is 10.8. The van der Waals surface area contributed by atoms with Gasteiger partial charge in [-0.05, 0) is 73.9 Å². The number of aryl methyl sites for hydroxylation is 1. The number of anilines is 2. The molecule has 0 aliphatic carbocycles. The molecular weight excluding hydrogens is 603 g/mol. The quantitative estimate of drug-likeness (QED) is 0.294. The van der Waals surface area contributed by atoms with Gasteiger partial charge in [0, 0.05) is 32.0 Å². The molecule has 1 aliphatic rings. The Morgan fingerprint density at radius 2 is 1.44 bits per heavy atom. The maximum absolute atomic E-state index is 14.0. The summed E-state index contributed by atoms with van der Waals surface area (Å²) < 4.78 is 119. The fourth-order valence-electron chi connectivity index (χ4n) is 4.89. The molecule has 6 nitrogen and oxygen atoms in total. The maximum atomic E-state index is 14.0. The number of sulfone groups is 1. The number of amides is 1. The van der Waals surface area contributed by atoms with Gasteiger partial charge < -0.3 is 9.80 Å². The lowest BCUT2D eigenvalue weighted by Crippen LogP contribution is -2.54. The normalized spacial score (nSPS) is 14.9. The first-order chi connectivity index (χ1) is 19.6. The summed E-state index contributed by atoms with van der Waals surface area (Å²) in [7, 11) is -1.98. The SMILES string of the molecule is Cc1cc(F)ccc1-c1cc(N2CC(S(C)(=O)=O)C2)ncc1N(C)C(=O)C(C)(C)c1cc(C(F)(F)F)cc(C(F)(F)F)c1. The van der Waals surface area contributed by atoms with E-state index in [2.05, 4.69) is 4.98 Å². The minimum absolute atomic E-state index is 0.00402. The largest absolute Gasteiger partial charge is 0.416 e. The molecular formula is C29H28F7N3O3S. The van der Waals surface area contributed by atoms with Gasteiger partial charge in [0.1, 0.15) is 11.6 Å². The van der Waals surface area contributed by atoms with Gasteiger partial charge in [-0.2, -0.15) is 26.3 Å². The summed E-state index contributed by atoms with van der Waals surface area (Å²) in [5.41, 5.74) is -3.98. The first-order valence-electron chi connectivity index (χ1n) is 12.9. The second-order valence-electron chi connectivity index (χ2n) is 11.2. The van der Waals surface area contributed by atoms with Crippen LogP contribution in [0.1, 0.15) is 36.1 Å². The van der Waals surface area contributed by atoms with E-state index in [9.17, 15) is 43.9 Å². The van der Waals surface area contributed by atoms with Gasteiger partial charge in [0.15, 0.2) is 9.84 Å². The summed E-state index contributed by atoms with van der Waals surface area (Å²) in [5, 5.41) is -0.593. The van der Waals surface area contributed by atoms with Crippen LogP contribution in [0.25, 0.3) is 11.1 Å². The van der Waals surface area contributed by atoms with E-state index in [0.717, 1.165) is 11.2 Å². The van der Waals surface area contributed by atoms with E-state index in [1.165, 1.54) is 45.3 Å². The molecule has 0 radical (unpaired) electrons. The van der Waals surface area contributed by atoms with Crippen molar-refractivity contribution in [2.75, 3.05) is 36.2 Å². The fraction of sp³-hybridized carbons (Fsp3) is 0.379. The zero-order chi connectivity index (χ0) is 32.3. The molecule has 0 N–H and O–H groups in total. The van der Waals surface area contributed by atoms with Gasteiger partial charge in [0.2, 0.25) is 5.91 Å². The van der Waals surface area contributed by atoms with Crippen molar-refractivity contribution in [3.05, 3.63) is 76.7 Å². The Kier molecular flexibility index (Phi) is 8.09. The number of pyridine rings is 1. The van der Waals surface area contributed by atoms with Crippen LogP contribution in [0.2, 0.25) is 0 Å². The Bertz CT molecular complexity index is 1650. The molecule has 0 unspecified atom stereocenters. The molecule has 0 bridgehead atoms. The van der Waals surface area contributed by atoms with Crippen LogP contribution in [-0.2, 0) is 32.4 Å². The maximum Gasteiger partial charge on any atom is 0.416 e. The van der Waals surface area contributed by atoms with E-state index in [-0.39, 0.29) is 24.8 Å². The Labute approximate surface area is 244 Å². The lowest BCUT2D eigenvalue weighted by molar-refractivity contribution is -0.143. The predicted molar refractivity (Wildman–Crippen MR) is 148 cm³/mol. The molecule has 1 aromatic heterocycles. The topological polar surface area (TPSA) is 70.6 Å². The first kappa shape index (κ1) is 32.2. The van der Waals surface area contributed by atoms with Crippen LogP contribution >= 0.6 is 0 Å². The van der Waals surface area contributed by atoms with E-state index in [1.54, 1.807) is 17.9 Å². The highest BCUT2D eigenvalue weighted by Crippen LogP contribution is 2.41. The number of alkyl halides is 6. The molecule has 0 spiro atoms. The summed E-state index contributed by atoms with van der Waals surface area (Å²) in [5.74, 6) is -0.988. The fourth-order valence-corrected chi connectivity index (χ4v) is 5.79. The Morgan fingerprint density at radius 3 is 1.93 bits per heavy atom. The highest BCUT2D eigenvalue weighted by Gasteiger charge is 2.42. The minimum atomic E-state index is -5.10. The monoisotopic (exact) mass is 631 g/mol. The van der Waals surface area contributed by atoms with Gasteiger partial charge in [-0.1, -0.05) is 6.07 Å². The molecule has 0 saturated carbocycles. The Hall–Kier alpha value is -3.68. The van der Waals surface area contributed by atoms with E-state index >= 15 is 0 Å². The number of hydrogen-bond acceptors (Lipinski definition) is 5. The molecule has 1 aliphatic heterocycles. The van der Waals surface area contributed by atoms with Gasteiger partial charge in [-0.15, -0.1) is 0 Å². The van der Waals surface area contributed by atoms with Crippen molar-refractivity contribution in [2.45, 2.75) is 43.8 Å². The van der Waals surface area contributed by atoms with Crippen LogP contribution in [-0.4, -0.2) is 51.0 Å². The third-order valence-corrected chi connectivity index (χ3v) is 9.14. The molecule has 1 amide bonds. The van der Waals surface area contributed by atoms with Crippen LogP contribution in [0.3, 0.4) is 0 Å². The van der Waals surface area contributed by atoms with Crippen LogP contribution in [0, 0.1) is 12.7 Å². The van der Waals surface area contributed by atoms with Crippen molar-refractivity contribution in [3.8, 4) is 11.1 Å². The number of aromatic nitrogens is 1. The predicted octanol–water partition coefficient (Wildman–Crippen LogP) is 6.41. The zero-order valence-corrected chi connectivity index (χ0v) is 24.5. The first-order valence-corrected chi connectivity index (χ1v) is 14.8. The van der Waals surface area contributed by atoms with E-state index < -0.39 is 61.3 Å². The van der Waals surface area contributed by atoms with Crippen LogP contribution in [0.15, 0.2) is 48.7 Å². The highest BCUT2D eigenvalue weighted by molar-refractivity contribution is 7.91. The molecule has 2 aromatic carbocycles. The van der Waals surface area contributed by atoms with Crippen molar-refractivity contribution < 1.29 is 43.9 Å². The molecule has 2 heterocycles. The highest BCUT2D eigenvalue weighted by atomic mass is 32.2. The number of hydrogen-bond donors (Lipinski definition) is 0. The number of benzene rings is 2. The summed E-state index contributed by atoms with van der Waals surface area (Å²) in [4.78, 5) is 21.0. The average Bonchev–Trinajstić information content (AvgIpc) is 2.84. The number of likely N-dealkylation sites (N-methyl/N-ethyl adjacent to an activating group) is 1. The Balaban J connectivity index is 1.80. The van der Waals surface area contributed by atoms with Gasteiger partial charge >= 0.3 is 12.4 Å². The molecule has 3 aromatic rings. The van der Waals surface area contributed by atoms with Gasteiger partial charge in [0.25, 0.3) is 0 Å². The molecule has 1 fully saturated rings. The number of carbonyl (C=O) groups is 1. The minimum Gasteiger partial charge on any atom is -0.354 e. The molecule has 43 heavy (non-hydrogen) atoms. The average molecular weight is 632 g/mol. The number of rotatable bonds is 6. The summed E-state index contributed by atoms with van der Waals surface area (Å²) in [6.45, 7) is 4.41. The number of halogens is 7. The third kappa shape index (κ3) is 6.48. The summed E-state index contributed by atoms with van der Waals surface area (Å²) in [6.07, 6.45) is -7.76. The molecule has 4 rings (SSSR count). The van der Waals surface area contributed by atoms with E-state index in [1.807, 2.05) is 0 Å². The van der Waals surface area contributed by atoms with Gasteiger partial charge in [-0.25, -0.2) is 17.8 Å². The standard InChI is InChI=1S/C29H28F7N3O3S/c1-16-8-20(30)6-7-22(16)23-12-25(39-14-21(15-39)43(5,41)42)37-13-24(23)38(4)26(40)27(2,3)17-9-18(28(31,32)33)11-19(10-17)29(34,35)36/h6-13,21H,14-15H2,1-5H3. The Morgan fingerprint density at radius 1 is 0.907 bits per heavy atom. The van der Waals surface area contributed by atoms with Crippen LogP contribution in [0.4, 0.5) is 42.2 Å². The van der Waals surface area contributed by atoms with E-state index in [0.29, 0.717) is 34.6 Å². The van der Waals surface area contributed by atoms with Crippen LogP contribution < -0.4 is 9.80 Å². The molecule has 14 heteroatoms. The molecule has 0 atom stereocenters. The zero-order valence-electron chi connectivity index (χ0n) is 23.7. The van der Waals surface area contributed by atoms with Gasteiger partial charge in [0.05, 0.1) is 33.7 Å². The van der Waals surface area contributed by atoms with Crippen molar-refractivity contribution >= 4 is 27.2 Å². The second-order valence-corrected chi connectivity index (χ2v) is 13.5. The van der Waals surface area contributed by atoms with Crippen molar-refractivity contribution in [1.82, 2.24) is 4.98 Å². The molecule has 232 valence electrons. The smallest absolute Gasteiger partial charge is 0.354 e. The summed E-state index contributed by atoms with van der Waals surface area (Å²) >= 11 is 0. The third-order valence-electron chi connectivity index (χ3n) is 7.63. The van der Waals surface area contributed by atoms with Crippen molar-refractivity contribution in [1.29, 1.82) is 0 Å². The van der Waals surface area contributed by atoms with Gasteiger partial charge in [-0.3, -0.25) is 4.79 Å². The molecule has 1 saturated heterocycles.